The molecule has 4 rings (SSSR count). The number of rotatable bonds is 1. The van der Waals surface area contributed by atoms with E-state index >= 15 is 0 Å². The standard InChI is InChI=1S/C15H18N4OS/c1-4-18-13(20)12-10-6-5-8(2)7-11(10)21-14(12)19-9(3)16-17-15(18)19/h8H,4-7H2,1-3H3. The molecule has 0 N–H and O–H groups in total. The van der Waals surface area contributed by atoms with Gasteiger partial charge < -0.3 is 0 Å². The monoisotopic (exact) mass is 302 g/mol. The minimum atomic E-state index is 0.0967. The van der Waals surface area contributed by atoms with Gasteiger partial charge in [0, 0.05) is 11.4 Å². The highest BCUT2D eigenvalue weighted by Gasteiger charge is 2.25. The maximum atomic E-state index is 12.9. The largest absolute Gasteiger partial charge is 0.277 e. The van der Waals surface area contributed by atoms with Crippen LogP contribution >= 0.6 is 11.3 Å². The predicted octanol–water partition coefficient (Wildman–Crippen LogP) is 2.56. The van der Waals surface area contributed by atoms with Crippen LogP contribution in [0.4, 0.5) is 0 Å². The van der Waals surface area contributed by atoms with Crippen molar-refractivity contribution in [2.75, 3.05) is 0 Å². The molecule has 110 valence electrons. The van der Waals surface area contributed by atoms with Gasteiger partial charge in [0.05, 0.1) is 5.39 Å². The van der Waals surface area contributed by atoms with Gasteiger partial charge in [0.25, 0.3) is 5.56 Å². The molecule has 0 aromatic carbocycles. The second-order valence-corrected chi connectivity index (χ2v) is 7.05. The van der Waals surface area contributed by atoms with Crippen LogP contribution in [0.25, 0.3) is 16.0 Å². The van der Waals surface area contributed by atoms with Gasteiger partial charge in [0.2, 0.25) is 5.78 Å². The lowest BCUT2D eigenvalue weighted by atomic mass is 9.89. The molecule has 1 aliphatic carbocycles. The fraction of sp³-hybridized carbons (Fsp3) is 0.533. The molecule has 1 aliphatic rings. The van der Waals surface area contributed by atoms with Gasteiger partial charge in [-0.05, 0) is 44.6 Å². The Morgan fingerprint density at radius 3 is 2.95 bits per heavy atom. The third-order valence-corrected chi connectivity index (χ3v) is 5.76. The van der Waals surface area contributed by atoms with Crippen molar-refractivity contribution in [3.05, 3.63) is 26.6 Å². The van der Waals surface area contributed by atoms with Gasteiger partial charge in [0.15, 0.2) is 0 Å². The van der Waals surface area contributed by atoms with Crippen LogP contribution in [0.15, 0.2) is 4.79 Å². The molecule has 1 unspecified atom stereocenters. The number of hydrogen-bond acceptors (Lipinski definition) is 4. The van der Waals surface area contributed by atoms with Crippen LogP contribution in [0.2, 0.25) is 0 Å². The molecule has 0 spiro atoms. The van der Waals surface area contributed by atoms with Gasteiger partial charge in [-0.2, -0.15) is 0 Å². The second kappa shape index (κ2) is 4.40. The Bertz CT molecular complexity index is 917. The molecule has 6 heteroatoms. The zero-order chi connectivity index (χ0) is 14.7. The van der Waals surface area contributed by atoms with Crippen LogP contribution in [0.3, 0.4) is 0 Å². The molecule has 0 saturated carbocycles. The zero-order valence-corrected chi connectivity index (χ0v) is 13.3. The van der Waals surface area contributed by atoms with Gasteiger partial charge in [-0.15, -0.1) is 21.5 Å². The van der Waals surface area contributed by atoms with E-state index < -0.39 is 0 Å². The van der Waals surface area contributed by atoms with Crippen LogP contribution in [0, 0.1) is 12.8 Å². The first-order valence-corrected chi connectivity index (χ1v) is 8.32. The van der Waals surface area contributed by atoms with Crippen LogP contribution < -0.4 is 5.56 Å². The van der Waals surface area contributed by atoms with Crippen molar-refractivity contribution in [3.8, 4) is 0 Å². The molecule has 21 heavy (non-hydrogen) atoms. The van der Waals surface area contributed by atoms with E-state index in [1.807, 2.05) is 18.2 Å². The maximum absolute atomic E-state index is 12.9. The summed E-state index contributed by atoms with van der Waals surface area (Å²) in [6.07, 6.45) is 3.27. The molecule has 0 radical (unpaired) electrons. The van der Waals surface area contributed by atoms with E-state index in [0.717, 1.165) is 28.9 Å². The molecular weight excluding hydrogens is 284 g/mol. The fourth-order valence-corrected chi connectivity index (χ4v) is 4.94. The molecule has 3 heterocycles. The lowest BCUT2D eigenvalue weighted by Gasteiger charge is -2.17. The minimum absolute atomic E-state index is 0.0967. The summed E-state index contributed by atoms with van der Waals surface area (Å²) in [7, 11) is 0. The van der Waals surface area contributed by atoms with Crippen molar-refractivity contribution in [1.82, 2.24) is 19.2 Å². The first kappa shape index (κ1) is 13.0. The van der Waals surface area contributed by atoms with Gasteiger partial charge in [-0.1, -0.05) is 6.92 Å². The van der Waals surface area contributed by atoms with Gasteiger partial charge in [-0.3, -0.25) is 13.8 Å². The summed E-state index contributed by atoms with van der Waals surface area (Å²) in [6.45, 7) is 6.85. The summed E-state index contributed by atoms with van der Waals surface area (Å²) >= 11 is 1.75. The smallest absolute Gasteiger partial charge is 0.263 e. The maximum Gasteiger partial charge on any atom is 0.263 e. The van der Waals surface area contributed by atoms with E-state index in [2.05, 4.69) is 17.1 Å². The van der Waals surface area contributed by atoms with Crippen molar-refractivity contribution < 1.29 is 0 Å². The fourth-order valence-electron chi connectivity index (χ4n) is 3.39. The first-order valence-electron chi connectivity index (χ1n) is 7.50. The van der Waals surface area contributed by atoms with Crippen LogP contribution in [0.1, 0.15) is 36.5 Å². The summed E-state index contributed by atoms with van der Waals surface area (Å²) in [4.78, 5) is 15.3. The van der Waals surface area contributed by atoms with Crippen LogP contribution in [-0.4, -0.2) is 19.2 Å². The number of aromatic nitrogens is 4. The highest BCUT2D eigenvalue weighted by atomic mass is 32.1. The van der Waals surface area contributed by atoms with Gasteiger partial charge >= 0.3 is 0 Å². The molecular formula is C15H18N4OS. The molecule has 5 nitrogen and oxygen atoms in total. The Hall–Kier alpha value is -1.69. The molecule has 0 aliphatic heterocycles. The third kappa shape index (κ3) is 1.65. The van der Waals surface area contributed by atoms with Crippen LogP contribution in [0.5, 0.6) is 0 Å². The Labute approximate surface area is 126 Å². The first-order chi connectivity index (χ1) is 10.1. The Kier molecular flexibility index (Phi) is 2.73. The van der Waals surface area contributed by atoms with E-state index in [1.54, 1.807) is 15.9 Å². The van der Waals surface area contributed by atoms with E-state index in [4.69, 9.17) is 0 Å². The van der Waals surface area contributed by atoms with E-state index in [0.29, 0.717) is 18.2 Å². The molecule has 3 aromatic heterocycles. The summed E-state index contributed by atoms with van der Waals surface area (Å²) in [5.41, 5.74) is 1.37. The molecule has 3 aromatic rings. The molecule has 1 atom stereocenters. The van der Waals surface area contributed by atoms with E-state index in [1.165, 1.54) is 16.9 Å². The zero-order valence-electron chi connectivity index (χ0n) is 12.5. The average Bonchev–Trinajstić information content (AvgIpc) is 3.00. The number of fused-ring (bicyclic) bond motifs is 5. The van der Waals surface area contributed by atoms with Crippen molar-refractivity contribution in [2.24, 2.45) is 5.92 Å². The Morgan fingerprint density at radius 2 is 2.19 bits per heavy atom. The lowest BCUT2D eigenvalue weighted by Crippen LogP contribution is -2.23. The van der Waals surface area contributed by atoms with Crippen molar-refractivity contribution in [3.63, 3.8) is 0 Å². The summed E-state index contributed by atoms with van der Waals surface area (Å²) in [5.74, 6) is 2.22. The van der Waals surface area contributed by atoms with Crippen molar-refractivity contribution in [1.29, 1.82) is 0 Å². The average molecular weight is 302 g/mol. The SMILES string of the molecule is CCn1c(=O)c2c3c(sc2n2c(C)nnc12)CC(C)CC3. The van der Waals surface area contributed by atoms with Crippen molar-refractivity contribution >= 4 is 27.3 Å². The summed E-state index contributed by atoms with van der Waals surface area (Å²) < 4.78 is 3.79. The Morgan fingerprint density at radius 1 is 1.38 bits per heavy atom. The van der Waals surface area contributed by atoms with Crippen molar-refractivity contribution in [2.45, 2.75) is 46.6 Å². The molecule has 0 saturated heterocycles. The molecule has 0 fully saturated rings. The highest BCUT2D eigenvalue weighted by molar-refractivity contribution is 7.18. The molecule has 0 amide bonds. The summed E-state index contributed by atoms with van der Waals surface area (Å²) in [5, 5.41) is 9.28. The normalized spacial score (nSPS) is 18.5. The van der Waals surface area contributed by atoms with Gasteiger partial charge in [-0.25, -0.2) is 0 Å². The lowest BCUT2D eigenvalue weighted by molar-refractivity contribution is 0.509. The minimum Gasteiger partial charge on any atom is -0.277 e. The number of hydrogen-bond donors (Lipinski definition) is 0. The van der Waals surface area contributed by atoms with Gasteiger partial charge in [0.1, 0.15) is 10.7 Å². The quantitative estimate of drug-likeness (QED) is 0.694. The highest BCUT2D eigenvalue weighted by Crippen LogP contribution is 2.36. The number of nitrogens with zero attached hydrogens (tertiary/aromatic N) is 4. The molecule has 0 bridgehead atoms. The van der Waals surface area contributed by atoms with E-state index in [-0.39, 0.29) is 5.56 Å². The number of thiophene rings is 1. The third-order valence-electron chi connectivity index (χ3n) is 4.52. The number of aryl methyl sites for hydroxylation is 3. The second-order valence-electron chi connectivity index (χ2n) is 5.96. The summed E-state index contributed by atoms with van der Waals surface area (Å²) in [6, 6.07) is 0. The predicted molar refractivity (Wildman–Crippen MR) is 84.2 cm³/mol. The topological polar surface area (TPSA) is 52.2 Å². The van der Waals surface area contributed by atoms with Crippen LogP contribution in [-0.2, 0) is 19.4 Å². The van der Waals surface area contributed by atoms with E-state index in [9.17, 15) is 4.79 Å². The Balaban J connectivity index is 2.22.